The molecule has 0 aromatic heterocycles. The third-order valence-corrected chi connectivity index (χ3v) is 2.60. The van der Waals surface area contributed by atoms with Crippen molar-refractivity contribution in [1.82, 2.24) is 10.6 Å². The average Bonchev–Trinajstić information content (AvgIpc) is 2.41. The van der Waals surface area contributed by atoms with Crippen molar-refractivity contribution in [3.05, 3.63) is 34.3 Å². The molecule has 0 aliphatic carbocycles. The van der Waals surface area contributed by atoms with Gasteiger partial charge in [0.25, 0.3) is 0 Å². The second-order valence-electron chi connectivity index (χ2n) is 2.87. The van der Waals surface area contributed by atoms with Crippen molar-refractivity contribution < 1.29 is 0 Å². The van der Waals surface area contributed by atoms with E-state index in [1.165, 1.54) is 10.0 Å². The van der Waals surface area contributed by atoms with Gasteiger partial charge in [-0.1, -0.05) is 61.8 Å². The number of halogens is 1. The predicted molar refractivity (Wildman–Crippen MR) is 82.5 cm³/mol. The van der Waals surface area contributed by atoms with Crippen molar-refractivity contribution in [2.45, 2.75) is 34.2 Å². The Kier molecular flexibility index (Phi) is 17.4. The summed E-state index contributed by atoms with van der Waals surface area (Å²) >= 11 is 3.51. The standard InChI is InChI=1S/C10H15BrN2.2C2H6/c1-12-6-7-13-8-9-4-2-3-5-10(9)11;2*1-2/h2-5,12-13H,6-8H2,1H3;2*1-2H3. The van der Waals surface area contributed by atoms with Crippen LogP contribution < -0.4 is 10.6 Å². The molecule has 0 radical (unpaired) electrons. The molecule has 17 heavy (non-hydrogen) atoms. The molecule has 0 aliphatic heterocycles. The highest BCUT2D eigenvalue weighted by molar-refractivity contribution is 9.10. The first-order valence-corrected chi connectivity index (χ1v) is 7.22. The van der Waals surface area contributed by atoms with Crippen molar-refractivity contribution in [2.75, 3.05) is 20.1 Å². The SMILES string of the molecule is CC.CC.CNCCNCc1ccccc1Br. The fourth-order valence-electron chi connectivity index (χ4n) is 1.08. The number of likely N-dealkylation sites (N-methyl/N-ethyl adjacent to an activating group) is 1. The third-order valence-electron chi connectivity index (χ3n) is 1.83. The van der Waals surface area contributed by atoms with E-state index in [2.05, 4.69) is 44.8 Å². The van der Waals surface area contributed by atoms with Crippen LogP contribution in [-0.4, -0.2) is 20.1 Å². The van der Waals surface area contributed by atoms with Crippen molar-refractivity contribution in [3.8, 4) is 0 Å². The van der Waals surface area contributed by atoms with Crippen LogP contribution in [0, 0.1) is 0 Å². The predicted octanol–water partition coefficient (Wildman–Crippen LogP) is 3.81. The van der Waals surface area contributed by atoms with Gasteiger partial charge in [-0.3, -0.25) is 0 Å². The summed E-state index contributed by atoms with van der Waals surface area (Å²) in [6.45, 7) is 10.9. The molecule has 0 spiro atoms. The highest BCUT2D eigenvalue weighted by Crippen LogP contribution is 2.14. The summed E-state index contributed by atoms with van der Waals surface area (Å²) in [6.07, 6.45) is 0. The maximum Gasteiger partial charge on any atom is 0.0220 e. The van der Waals surface area contributed by atoms with E-state index in [-0.39, 0.29) is 0 Å². The van der Waals surface area contributed by atoms with Gasteiger partial charge in [0.15, 0.2) is 0 Å². The molecule has 3 heteroatoms. The summed E-state index contributed by atoms with van der Waals surface area (Å²) in [5, 5.41) is 6.45. The Morgan fingerprint density at radius 2 is 1.59 bits per heavy atom. The fourth-order valence-corrected chi connectivity index (χ4v) is 1.50. The van der Waals surface area contributed by atoms with Gasteiger partial charge in [-0.05, 0) is 18.7 Å². The molecule has 0 heterocycles. The zero-order valence-corrected chi connectivity index (χ0v) is 13.4. The molecule has 0 aliphatic rings. The normalized spacial score (nSPS) is 8.59. The highest BCUT2D eigenvalue weighted by atomic mass is 79.9. The molecule has 1 aromatic carbocycles. The van der Waals surface area contributed by atoms with Gasteiger partial charge in [0.2, 0.25) is 0 Å². The van der Waals surface area contributed by atoms with E-state index in [0.29, 0.717) is 0 Å². The Balaban J connectivity index is 0. The molecule has 0 saturated carbocycles. The topological polar surface area (TPSA) is 24.1 Å². The lowest BCUT2D eigenvalue weighted by Gasteiger charge is -2.05. The number of rotatable bonds is 5. The number of hydrogen-bond acceptors (Lipinski definition) is 2. The number of hydrogen-bond donors (Lipinski definition) is 2. The fraction of sp³-hybridized carbons (Fsp3) is 0.571. The van der Waals surface area contributed by atoms with Crippen LogP contribution in [0.3, 0.4) is 0 Å². The Morgan fingerprint density at radius 1 is 1.00 bits per heavy atom. The summed E-state index contributed by atoms with van der Waals surface area (Å²) < 4.78 is 1.17. The minimum Gasteiger partial charge on any atom is -0.318 e. The van der Waals surface area contributed by atoms with Crippen molar-refractivity contribution in [3.63, 3.8) is 0 Å². The van der Waals surface area contributed by atoms with Gasteiger partial charge in [0.05, 0.1) is 0 Å². The van der Waals surface area contributed by atoms with Gasteiger partial charge in [0.1, 0.15) is 0 Å². The molecule has 0 fully saturated rings. The molecule has 1 aromatic rings. The van der Waals surface area contributed by atoms with Crippen LogP contribution >= 0.6 is 15.9 Å². The smallest absolute Gasteiger partial charge is 0.0220 e. The minimum atomic E-state index is 0.920. The Labute approximate surface area is 115 Å². The average molecular weight is 303 g/mol. The molecular weight excluding hydrogens is 276 g/mol. The van der Waals surface area contributed by atoms with Crippen LogP contribution in [0.15, 0.2) is 28.7 Å². The van der Waals surface area contributed by atoms with E-state index in [1.807, 2.05) is 40.8 Å². The van der Waals surface area contributed by atoms with Gasteiger partial charge in [-0.15, -0.1) is 0 Å². The molecule has 2 nitrogen and oxygen atoms in total. The van der Waals surface area contributed by atoms with E-state index in [4.69, 9.17) is 0 Å². The molecule has 0 amide bonds. The van der Waals surface area contributed by atoms with Crippen LogP contribution in [0.2, 0.25) is 0 Å². The highest BCUT2D eigenvalue weighted by Gasteiger charge is 1.96. The maximum atomic E-state index is 3.51. The van der Waals surface area contributed by atoms with Crippen molar-refractivity contribution >= 4 is 15.9 Å². The van der Waals surface area contributed by atoms with E-state index >= 15 is 0 Å². The molecule has 0 saturated heterocycles. The molecule has 1 rings (SSSR count). The second-order valence-corrected chi connectivity index (χ2v) is 3.73. The van der Waals surface area contributed by atoms with E-state index in [0.717, 1.165) is 19.6 Å². The Hall–Kier alpha value is -0.380. The summed E-state index contributed by atoms with van der Waals surface area (Å²) in [4.78, 5) is 0. The lowest BCUT2D eigenvalue weighted by Crippen LogP contribution is -2.24. The lowest BCUT2D eigenvalue weighted by atomic mass is 10.2. The van der Waals surface area contributed by atoms with Gasteiger partial charge >= 0.3 is 0 Å². The first-order chi connectivity index (χ1) is 8.34. The largest absolute Gasteiger partial charge is 0.318 e. The summed E-state index contributed by atoms with van der Waals surface area (Å²) in [7, 11) is 1.96. The minimum absolute atomic E-state index is 0.920. The van der Waals surface area contributed by atoms with Crippen LogP contribution in [-0.2, 0) is 6.54 Å². The van der Waals surface area contributed by atoms with Crippen molar-refractivity contribution in [1.29, 1.82) is 0 Å². The van der Waals surface area contributed by atoms with E-state index in [9.17, 15) is 0 Å². The zero-order valence-electron chi connectivity index (χ0n) is 11.8. The van der Waals surface area contributed by atoms with Gasteiger partial charge < -0.3 is 10.6 Å². The molecule has 0 bridgehead atoms. The summed E-state index contributed by atoms with van der Waals surface area (Å²) in [5.41, 5.74) is 1.30. The van der Waals surface area contributed by atoms with Crippen LogP contribution in [0.1, 0.15) is 33.3 Å². The second kappa shape index (κ2) is 15.6. The number of benzene rings is 1. The molecule has 0 atom stereocenters. The molecule has 100 valence electrons. The Morgan fingerprint density at radius 3 is 2.12 bits per heavy atom. The summed E-state index contributed by atoms with van der Waals surface area (Å²) in [6, 6.07) is 8.27. The Bertz CT molecular complexity index is 252. The molecular formula is C14H27BrN2. The number of nitrogens with one attached hydrogen (secondary N) is 2. The van der Waals surface area contributed by atoms with Gasteiger partial charge in [-0.2, -0.15) is 0 Å². The van der Waals surface area contributed by atoms with E-state index < -0.39 is 0 Å². The van der Waals surface area contributed by atoms with E-state index in [1.54, 1.807) is 0 Å². The van der Waals surface area contributed by atoms with Crippen LogP contribution in [0.5, 0.6) is 0 Å². The monoisotopic (exact) mass is 302 g/mol. The molecule has 0 unspecified atom stereocenters. The first kappa shape index (κ1) is 19.0. The van der Waals surface area contributed by atoms with Crippen LogP contribution in [0.4, 0.5) is 0 Å². The third kappa shape index (κ3) is 10.5. The summed E-state index contributed by atoms with van der Waals surface area (Å²) in [5.74, 6) is 0. The zero-order chi connectivity index (χ0) is 13.5. The molecule has 2 N–H and O–H groups in total. The van der Waals surface area contributed by atoms with Crippen LogP contribution in [0.25, 0.3) is 0 Å². The lowest BCUT2D eigenvalue weighted by molar-refractivity contribution is 0.649. The van der Waals surface area contributed by atoms with Gasteiger partial charge in [0, 0.05) is 24.1 Å². The first-order valence-electron chi connectivity index (χ1n) is 6.43. The quantitative estimate of drug-likeness (QED) is 0.808. The van der Waals surface area contributed by atoms with Crippen molar-refractivity contribution in [2.24, 2.45) is 0 Å². The van der Waals surface area contributed by atoms with Gasteiger partial charge in [-0.25, -0.2) is 0 Å². The maximum absolute atomic E-state index is 3.51.